The third kappa shape index (κ3) is 4.56. The average Bonchev–Trinajstić information content (AvgIpc) is 2.44. The van der Waals surface area contributed by atoms with Crippen LogP contribution in [0.2, 0.25) is 0 Å². The Morgan fingerprint density at radius 1 is 1.53 bits per heavy atom. The first-order valence-electron chi connectivity index (χ1n) is 5.71. The molecule has 104 valence electrons. The fourth-order valence-electron chi connectivity index (χ4n) is 1.64. The number of amides is 2. The molecule has 1 atom stereocenters. The maximum absolute atomic E-state index is 11.7. The highest BCUT2D eigenvalue weighted by Crippen LogP contribution is 2.09. The smallest absolute Gasteiger partial charge is 0.312 e. The third-order valence-corrected chi connectivity index (χ3v) is 2.57. The van der Waals surface area contributed by atoms with E-state index in [-0.39, 0.29) is 32.7 Å². The average molecular weight is 269 g/mol. The number of carbonyl (C=O) groups excluding carboxylic acids is 3. The molecule has 0 bridgehead atoms. The summed E-state index contributed by atoms with van der Waals surface area (Å²) in [7, 11) is 1.27. The van der Waals surface area contributed by atoms with E-state index in [1.807, 2.05) is 0 Å². The van der Waals surface area contributed by atoms with Crippen molar-refractivity contribution < 1.29 is 23.9 Å². The standard InChI is InChI=1S/C11H15N3O5/c1-18-9(15)6-8-7-14(4-5-19-8)11(17)10(16)13-3-2-12/h8H,3-7H2,1H3,(H,13,16). The Labute approximate surface area is 110 Å². The largest absolute Gasteiger partial charge is 0.469 e. The monoisotopic (exact) mass is 269 g/mol. The van der Waals surface area contributed by atoms with Gasteiger partial charge >= 0.3 is 17.8 Å². The summed E-state index contributed by atoms with van der Waals surface area (Å²) in [6.45, 7) is 0.448. The van der Waals surface area contributed by atoms with E-state index in [1.165, 1.54) is 12.0 Å². The van der Waals surface area contributed by atoms with Crippen molar-refractivity contribution in [2.45, 2.75) is 12.5 Å². The van der Waals surface area contributed by atoms with E-state index in [9.17, 15) is 14.4 Å². The molecule has 19 heavy (non-hydrogen) atoms. The zero-order valence-corrected chi connectivity index (χ0v) is 10.5. The lowest BCUT2D eigenvalue weighted by Crippen LogP contribution is -2.51. The molecule has 1 heterocycles. The van der Waals surface area contributed by atoms with Gasteiger partial charge in [-0.1, -0.05) is 0 Å². The van der Waals surface area contributed by atoms with Crippen molar-refractivity contribution in [2.75, 3.05) is 33.4 Å². The van der Waals surface area contributed by atoms with Crippen LogP contribution in [0.15, 0.2) is 0 Å². The molecule has 0 aromatic heterocycles. The number of carbonyl (C=O) groups is 3. The number of ether oxygens (including phenoxy) is 2. The number of rotatable bonds is 3. The Hall–Kier alpha value is -2.14. The maximum Gasteiger partial charge on any atom is 0.312 e. The summed E-state index contributed by atoms with van der Waals surface area (Å²) in [6, 6.07) is 1.71. The van der Waals surface area contributed by atoms with Crippen LogP contribution < -0.4 is 5.32 Å². The minimum absolute atomic E-state index is 0.0279. The van der Waals surface area contributed by atoms with Crippen LogP contribution in [0.1, 0.15) is 6.42 Å². The summed E-state index contributed by atoms with van der Waals surface area (Å²) < 4.78 is 9.82. The summed E-state index contributed by atoms with van der Waals surface area (Å²) >= 11 is 0. The van der Waals surface area contributed by atoms with Gasteiger partial charge in [0.2, 0.25) is 0 Å². The molecule has 2 amide bonds. The second kappa shape index (κ2) is 7.33. The van der Waals surface area contributed by atoms with Gasteiger partial charge in [-0.25, -0.2) is 0 Å². The van der Waals surface area contributed by atoms with Crippen molar-refractivity contribution in [1.29, 1.82) is 5.26 Å². The van der Waals surface area contributed by atoms with E-state index < -0.39 is 23.9 Å². The van der Waals surface area contributed by atoms with Gasteiger partial charge in [-0.2, -0.15) is 5.26 Å². The Morgan fingerprint density at radius 3 is 2.89 bits per heavy atom. The molecule has 8 nitrogen and oxygen atoms in total. The molecule has 0 aromatic carbocycles. The number of hydrogen-bond acceptors (Lipinski definition) is 6. The number of nitriles is 1. The van der Waals surface area contributed by atoms with Crippen molar-refractivity contribution in [2.24, 2.45) is 0 Å². The highest BCUT2D eigenvalue weighted by Gasteiger charge is 2.29. The lowest BCUT2D eigenvalue weighted by molar-refractivity contribution is -0.154. The highest BCUT2D eigenvalue weighted by molar-refractivity contribution is 6.35. The summed E-state index contributed by atoms with van der Waals surface area (Å²) in [5.74, 6) is -2.00. The Balaban J connectivity index is 2.50. The number of esters is 1. The summed E-state index contributed by atoms with van der Waals surface area (Å²) in [5, 5.41) is 10.5. The molecular formula is C11H15N3O5. The number of hydrogen-bond donors (Lipinski definition) is 1. The minimum Gasteiger partial charge on any atom is -0.469 e. The molecule has 1 aliphatic heterocycles. The molecule has 0 radical (unpaired) electrons. The molecule has 0 spiro atoms. The van der Waals surface area contributed by atoms with E-state index in [0.717, 1.165) is 0 Å². The Bertz CT molecular complexity index is 404. The second-order valence-electron chi connectivity index (χ2n) is 3.87. The quantitative estimate of drug-likeness (QED) is 0.376. The van der Waals surface area contributed by atoms with Gasteiger partial charge in [-0.15, -0.1) is 0 Å². The van der Waals surface area contributed by atoms with Crippen molar-refractivity contribution in [3.8, 4) is 6.07 Å². The van der Waals surface area contributed by atoms with Gasteiger partial charge in [0.15, 0.2) is 0 Å². The van der Waals surface area contributed by atoms with Crippen LogP contribution >= 0.6 is 0 Å². The maximum atomic E-state index is 11.7. The van der Waals surface area contributed by atoms with E-state index in [4.69, 9.17) is 10.00 Å². The number of methoxy groups -OCH3 is 1. The van der Waals surface area contributed by atoms with Gasteiger partial charge in [0.25, 0.3) is 0 Å². The fourth-order valence-corrected chi connectivity index (χ4v) is 1.64. The topological polar surface area (TPSA) is 109 Å². The van der Waals surface area contributed by atoms with Gasteiger partial charge < -0.3 is 19.7 Å². The molecule has 1 rings (SSSR count). The SMILES string of the molecule is COC(=O)CC1CN(C(=O)C(=O)NCC#N)CCO1. The number of morpholine rings is 1. The highest BCUT2D eigenvalue weighted by atomic mass is 16.5. The van der Waals surface area contributed by atoms with E-state index in [0.29, 0.717) is 0 Å². The van der Waals surface area contributed by atoms with E-state index in [1.54, 1.807) is 6.07 Å². The second-order valence-corrected chi connectivity index (χ2v) is 3.87. The van der Waals surface area contributed by atoms with Crippen LogP contribution in [-0.4, -0.2) is 62.1 Å². The number of nitrogens with one attached hydrogen (secondary N) is 1. The van der Waals surface area contributed by atoms with Gasteiger partial charge in [0.1, 0.15) is 6.54 Å². The van der Waals surface area contributed by atoms with E-state index in [2.05, 4.69) is 10.1 Å². The van der Waals surface area contributed by atoms with Gasteiger partial charge in [0.05, 0.1) is 32.3 Å². The van der Waals surface area contributed by atoms with Crippen molar-refractivity contribution in [3.05, 3.63) is 0 Å². The molecule has 0 saturated carbocycles. The first-order valence-corrected chi connectivity index (χ1v) is 5.71. The number of nitrogens with zero attached hydrogens (tertiary/aromatic N) is 2. The van der Waals surface area contributed by atoms with Crippen molar-refractivity contribution in [1.82, 2.24) is 10.2 Å². The molecule has 1 fully saturated rings. The predicted octanol–water partition coefficient (Wildman–Crippen LogP) is -1.58. The van der Waals surface area contributed by atoms with Crippen molar-refractivity contribution in [3.63, 3.8) is 0 Å². The van der Waals surface area contributed by atoms with Crippen LogP contribution in [0.4, 0.5) is 0 Å². The molecule has 8 heteroatoms. The summed E-state index contributed by atoms with van der Waals surface area (Å²) in [4.78, 5) is 35.5. The first-order chi connectivity index (χ1) is 9.08. The normalized spacial score (nSPS) is 18.3. The Kier molecular flexibility index (Phi) is 5.75. The van der Waals surface area contributed by atoms with Crippen molar-refractivity contribution >= 4 is 17.8 Å². The zero-order chi connectivity index (χ0) is 14.3. The zero-order valence-electron chi connectivity index (χ0n) is 10.5. The van der Waals surface area contributed by atoms with Crippen LogP contribution in [-0.2, 0) is 23.9 Å². The van der Waals surface area contributed by atoms with Crippen LogP contribution in [0, 0.1) is 11.3 Å². The lowest BCUT2D eigenvalue weighted by Gasteiger charge is -2.31. The third-order valence-electron chi connectivity index (χ3n) is 2.57. The minimum atomic E-state index is -0.833. The predicted molar refractivity (Wildman–Crippen MR) is 61.6 cm³/mol. The van der Waals surface area contributed by atoms with Gasteiger partial charge in [0, 0.05) is 13.1 Å². The summed E-state index contributed by atoms with van der Waals surface area (Å²) in [6.07, 6.45) is -0.450. The molecular weight excluding hydrogens is 254 g/mol. The molecule has 0 aromatic rings. The van der Waals surface area contributed by atoms with Gasteiger partial charge in [-0.3, -0.25) is 14.4 Å². The molecule has 1 unspecified atom stereocenters. The van der Waals surface area contributed by atoms with Crippen LogP contribution in [0.3, 0.4) is 0 Å². The summed E-state index contributed by atoms with van der Waals surface area (Å²) in [5.41, 5.74) is 0. The van der Waals surface area contributed by atoms with Gasteiger partial charge in [-0.05, 0) is 0 Å². The van der Waals surface area contributed by atoms with Crippen LogP contribution in [0.25, 0.3) is 0 Å². The molecule has 1 aliphatic rings. The van der Waals surface area contributed by atoms with E-state index >= 15 is 0 Å². The molecule has 1 saturated heterocycles. The Morgan fingerprint density at radius 2 is 2.26 bits per heavy atom. The lowest BCUT2D eigenvalue weighted by atomic mass is 10.2. The molecule has 1 N–H and O–H groups in total. The first kappa shape index (κ1) is 14.9. The molecule has 0 aliphatic carbocycles. The fraction of sp³-hybridized carbons (Fsp3) is 0.636. The van der Waals surface area contributed by atoms with Crippen LogP contribution in [0.5, 0.6) is 0 Å².